The van der Waals surface area contributed by atoms with Gasteiger partial charge in [0.2, 0.25) is 5.79 Å². The lowest BCUT2D eigenvalue weighted by molar-refractivity contribution is -0.116. The lowest BCUT2D eigenvalue weighted by Gasteiger charge is -2.18. The van der Waals surface area contributed by atoms with Gasteiger partial charge in [-0.15, -0.1) is 5.10 Å². The molecule has 0 radical (unpaired) electrons. The highest BCUT2D eigenvalue weighted by atomic mass is 127. The number of nitrogens with one attached hydrogen (secondary N) is 2. The summed E-state index contributed by atoms with van der Waals surface area (Å²) in [6, 6.07) is 6.84. The third-order valence-corrected chi connectivity index (χ3v) is 4.61. The van der Waals surface area contributed by atoms with Gasteiger partial charge >= 0.3 is 6.01 Å². The second-order valence-corrected chi connectivity index (χ2v) is 7.89. The van der Waals surface area contributed by atoms with E-state index in [0.29, 0.717) is 29.2 Å². The van der Waals surface area contributed by atoms with Crippen LogP contribution in [0.15, 0.2) is 53.1 Å². The fraction of sp³-hybridized carbons (Fsp3) is 0.211. The summed E-state index contributed by atoms with van der Waals surface area (Å²) >= 11 is 2.05. The van der Waals surface area contributed by atoms with Gasteiger partial charge in [-0.2, -0.15) is 0 Å². The standard InChI is InChI=1S/C19H17FIN5O3/c1-19(2)27-10-12(29-19)8-23-18-26-25-17(28-18)13-5-6-22-9-16(13)24-15-4-3-11(21)7-14(15)20/h3-7,9-10,24H,8H2,1-2H3,(H,23,26). The Kier molecular flexibility index (Phi) is 5.26. The van der Waals surface area contributed by atoms with Crippen LogP contribution in [0.1, 0.15) is 13.8 Å². The molecule has 1 aromatic carbocycles. The molecular formula is C19H17FIN5O3. The number of nitrogens with zero attached hydrogens (tertiary/aromatic N) is 3. The molecular weight excluding hydrogens is 492 g/mol. The van der Waals surface area contributed by atoms with Crippen LogP contribution in [0.4, 0.5) is 21.8 Å². The fourth-order valence-electron chi connectivity index (χ4n) is 2.63. The molecule has 0 spiro atoms. The van der Waals surface area contributed by atoms with Crippen LogP contribution in [-0.4, -0.2) is 27.5 Å². The van der Waals surface area contributed by atoms with Crippen LogP contribution in [0.25, 0.3) is 11.5 Å². The van der Waals surface area contributed by atoms with Crippen LogP contribution in [0.3, 0.4) is 0 Å². The van der Waals surface area contributed by atoms with Crippen molar-refractivity contribution in [2.24, 2.45) is 0 Å². The first-order valence-corrected chi connectivity index (χ1v) is 9.77. The van der Waals surface area contributed by atoms with Gasteiger partial charge in [0, 0.05) is 23.6 Å². The summed E-state index contributed by atoms with van der Waals surface area (Å²) < 4.78 is 31.7. The van der Waals surface area contributed by atoms with E-state index >= 15 is 0 Å². The van der Waals surface area contributed by atoms with Crippen molar-refractivity contribution in [1.82, 2.24) is 15.2 Å². The number of hydrogen-bond donors (Lipinski definition) is 2. The molecule has 2 aromatic heterocycles. The maximum absolute atomic E-state index is 14.2. The lowest BCUT2D eigenvalue weighted by atomic mass is 10.2. The summed E-state index contributed by atoms with van der Waals surface area (Å²) in [5.74, 6) is -0.162. The van der Waals surface area contributed by atoms with Gasteiger partial charge in [0.15, 0.2) is 5.76 Å². The topological polar surface area (TPSA) is 94.3 Å². The molecule has 4 rings (SSSR count). The monoisotopic (exact) mass is 509 g/mol. The quantitative estimate of drug-likeness (QED) is 0.464. The summed E-state index contributed by atoms with van der Waals surface area (Å²) in [7, 11) is 0. The van der Waals surface area contributed by atoms with E-state index in [1.807, 2.05) is 19.9 Å². The number of aromatic nitrogens is 3. The molecule has 0 fully saturated rings. The molecule has 0 atom stereocenters. The minimum Gasteiger partial charge on any atom is -0.457 e. The van der Waals surface area contributed by atoms with Crippen molar-refractivity contribution in [3.63, 3.8) is 0 Å². The number of ether oxygens (including phenoxy) is 2. The van der Waals surface area contributed by atoms with Crippen LogP contribution in [-0.2, 0) is 9.47 Å². The van der Waals surface area contributed by atoms with Crippen LogP contribution >= 0.6 is 22.6 Å². The van der Waals surface area contributed by atoms with Crippen LogP contribution in [0, 0.1) is 9.39 Å². The van der Waals surface area contributed by atoms with Crippen LogP contribution in [0.5, 0.6) is 0 Å². The first-order chi connectivity index (χ1) is 13.9. The van der Waals surface area contributed by atoms with E-state index in [9.17, 15) is 4.39 Å². The average molecular weight is 509 g/mol. The van der Waals surface area contributed by atoms with E-state index in [4.69, 9.17) is 13.9 Å². The number of rotatable bonds is 6. The Morgan fingerprint density at radius 3 is 2.79 bits per heavy atom. The Morgan fingerprint density at radius 1 is 1.17 bits per heavy atom. The summed E-state index contributed by atoms with van der Waals surface area (Å²) in [5.41, 5.74) is 1.46. The molecule has 0 unspecified atom stereocenters. The van der Waals surface area contributed by atoms with Gasteiger partial charge in [-0.25, -0.2) is 4.39 Å². The van der Waals surface area contributed by atoms with E-state index in [2.05, 4.69) is 48.4 Å². The summed E-state index contributed by atoms with van der Waals surface area (Å²) in [6.07, 6.45) is 4.71. The number of benzene rings is 1. The zero-order chi connectivity index (χ0) is 20.4. The summed E-state index contributed by atoms with van der Waals surface area (Å²) in [4.78, 5) is 4.09. The van der Waals surface area contributed by atoms with Gasteiger partial charge in [-0.05, 0) is 46.9 Å². The molecule has 0 saturated carbocycles. The molecule has 1 aliphatic heterocycles. The second kappa shape index (κ2) is 7.85. The van der Waals surface area contributed by atoms with Crippen molar-refractivity contribution in [2.45, 2.75) is 19.6 Å². The molecule has 8 nitrogen and oxygen atoms in total. The summed E-state index contributed by atoms with van der Waals surface area (Å²) in [6.45, 7) is 3.96. The Hall–Kier alpha value is -2.89. The van der Waals surface area contributed by atoms with E-state index in [1.165, 1.54) is 6.07 Å². The number of hydrogen-bond acceptors (Lipinski definition) is 8. The predicted octanol–water partition coefficient (Wildman–Crippen LogP) is 4.66. The number of halogens is 2. The molecule has 2 N–H and O–H groups in total. The van der Waals surface area contributed by atoms with E-state index in [-0.39, 0.29) is 17.7 Å². The van der Waals surface area contributed by atoms with Gasteiger partial charge in [0.1, 0.15) is 12.1 Å². The zero-order valence-electron chi connectivity index (χ0n) is 15.6. The average Bonchev–Trinajstić information content (AvgIpc) is 3.29. The van der Waals surface area contributed by atoms with Gasteiger partial charge in [-0.3, -0.25) is 4.98 Å². The van der Waals surface area contributed by atoms with E-state index in [0.717, 1.165) is 3.57 Å². The highest BCUT2D eigenvalue weighted by Gasteiger charge is 2.27. The molecule has 29 heavy (non-hydrogen) atoms. The molecule has 0 bridgehead atoms. The van der Waals surface area contributed by atoms with Crippen molar-refractivity contribution >= 4 is 40.0 Å². The van der Waals surface area contributed by atoms with Gasteiger partial charge in [0.25, 0.3) is 5.89 Å². The third kappa shape index (κ3) is 4.58. The summed E-state index contributed by atoms with van der Waals surface area (Å²) in [5, 5.41) is 14.1. The molecule has 0 amide bonds. The van der Waals surface area contributed by atoms with Crippen molar-refractivity contribution in [3.8, 4) is 11.5 Å². The first-order valence-electron chi connectivity index (χ1n) is 8.69. The van der Waals surface area contributed by atoms with Gasteiger partial charge in [-0.1, -0.05) is 5.10 Å². The third-order valence-electron chi connectivity index (χ3n) is 3.94. The van der Waals surface area contributed by atoms with Crippen molar-refractivity contribution in [3.05, 3.63) is 58.1 Å². The molecule has 3 heterocycles. The number of anilines is 3. The van der Waals surface area contributed by atoms with Crippen molar-refractivity contribution < 1.29 is 18.3 Å². The Balaban J connectivity index is 1.49. The Labute approximate surface area is 179 Å². The Morgan fingerprint density at radius 2 is 2.03 bits per heavy atom. The highest BCUT2D eigenvalue weighted by molar-refractivity contribution is 14.1. The van der Waals surface area contributed by atoms with Crippen LogP contribution in [0.2, 0.25) is 0 Å². The number of pyridine rings is 1. The first kappa shape index (κ1) is 19.4. The molecule has 0 saturated heterocycles. The van der Waals surface area contributed by atoms with Crippen molar-refractivity contribution in [2.75, 3.05) is 17.2 Å². The molecule has 1 aliphatic rings. The molecule has 10 heteroatoms. The maximum atomic E-state index is 14.2. The normalized spacial score (nSPS) is 14.7. The highest BCUT2D eigenvalue weighted by Crippen LogP contribution is 2.31. The molecule has 150 valence electrons. The van der Waals surface area contributed by atoms with Crippen molar-refractivity contribution in [1.29, 1.82) is 0 Å². The van der Waals surface area contributed by atoms with E-state index < -0.39 is 5.79 Å². The molecule has 3 aromatic rings. The predicted molar refractivity (Wildman–Crippen MR) is 113 cm³/mol. The minimum absolute atomic E-state index is 0.220. The Bertz CT molecular complexity index is 1070. The minimum atomic E-state index is -0.681. The SMILES string of the molecule is CC1(C)OC=C(CNc2nnc(-c3ccncc3Nc3ccc(I)cc3F)o2)O1. The maximum Gasteiger partial charge on any atom is 0.316 e. The smallest absolute Gasteiger partial charge is 0.316 e. The van der Waals surface area contributed by atoms with Gasteiger partial charge in [0.05, 0.1) is 29.7 Å². The second-order valence-electron chi connectivity index (χ2n) is 6.64. The van der Waals surface area contributed by atoms with Gasteiger partial charge < -0.3 is 24.5 Å². The van der Waals surface area contributed by atoms with E-state index in [1.54, 1.807) is 30.8 Å². The largest absolute Gasteiger partial charge is 0.457 e. The molecule has 0 aliphatic carbocycles. The fourth-order valence-corrected chi connectivity index (χ4v) is 3.09. The lowest BCUT2D eigenvalue weighted by Crippen LogP contribution is -2.21. The zero-order valence-corrected chi connectivity index (χ0v) is 17.7. The van der Waals surface area contributed by atoms with Crippen LogP contribution < -0.4 is 10.6 Å².